The highest BCUT2D eigenvalue weighted by molar-refractivity contribution is 5.77. The lowest BCUT2D eigenvalue weighted by Crippen LogP contribution is -2.50. The highest BCUT2D eigenvalue weighted by Crippen LogP contribution is 2.29. The maximum absolute atomic E-state index is 12.2. The van der Waals surface area contributed by atoms with E-state index in [0.29, 0.717) is 12.8 Å². The van der Waals surface area contributed by atoms with E-state index in [1.807, 2.05) is 0 Å². The molecule has 0 aromatic rings. The fourth-order valence-electron chi connectivity index (χ4n) is 2.85. The summed E-state index contributed by atoms with van der Waals surface area (Å²) >= 11 is 0. The molecular weight excluding hydrogens is 240 g/mol. The highest BCUT2D eigenvalue weighted by Gasteiger charge is 2.32. The molecule has 1 rings (SSSR count). The van der Waals surface area contributed by atoms with Gasteiger partial charge in [-0.15, -0.1) is 0 Å². The van der Waals surface area contributed by atoms with Crippen molar-refractivity contribution in [3.63, 3.8) is 0 Å². The molecule has 1 atom stereocenters. The van der Waals surface area contributed by atoms with Gasteiger partial charge in [0.2, 0.25) is 5.91 Å². The van der Waals surface area contributed by atoms with Gasteiger partial charge in [-0.3, -0.25) is 4.79 Å². The molecular formula is C15H30N2O2. The van der Waals surface area contributed by atoms with Gasteiger partial charge >= 0.3 is 0 Å². The summed E-state index contributed by atoms with van der Waals surface area (Å²) in [6.45, 7) is 6.32. The Balaban J connectivity index is 2.52. The van der Waals surface area contributed by atoms with Gasteiger partial charge in [-0.05, 0) is 24.7 Å². The molecule has 1 aliphatic rings. The summed E-state index contributed by atoms with van der Waals surface area (Å²) in [4.78, 5) is 12.2. The minimum atomic E-state index is -0.315. The van der Waals surface area contributed by atoms with Crippen molar-refractivity contribution in [1.82, 2.24) is 5.32 Å². The van der Waals surface area contributed by atoms with Gasteiger partial charge in [-0.1, -0.05) is 40.0 Å². The molecule has 4 heteroatoms. The van der Waals surface area contributed by atoms with Crippen LogP contribution in [0.25, 0.3) is 0 Å². The van der Waals surface area contributed by atoms with Gasteiger partial charge in [-0.2, -0.15) is 0 Å². The van der Waals surface area contributed by atoms with Crippen molar-refractivity contribution in [3.8, 4) is 0 Å². The Morgan fingerprint density at radius 2 is 1.89 bits per heavy atom. The van der Waals surface area contributed by atoms with Gasteiger partial charge in [0.15, 0.2) is 0 Å². The molecule has 1 saturated carbocycles. The maximum atomic E-state index is 12.2. The Bertz CT molecular complexity index is 291. The average molecular weight is 270 g/mol. The van der Waals surface area contributed by atoms with Crippen molar-refractivity contribution < 1.29 is 9.90 Å². The molecule has 0 heterocycles. The Hall–Kier alpha value is -0.610. The zero-order chi connectivity index (χ0) is 14.5. The van der Waals surface area contributed by atoms with E-state index in [0.717, 1.165) is 25.7 Å². The lowest BCUT2D eigenvalue weighted by Gasteiger charge is -2.35. The first-order valence-electron chi connectivity index (χ1n) is 7.46. The molecule has 0 aromatic carbocycles. The van der Waals surface area contributed by atoms with Gasteiger partial charge in [0.1, 0.15) is 0 Å². The monoisotopic (exact) mass is 270 g/mol. The number of hydrogen-bond acceptors (Lipinski definition) is 3. The molecule has 0 aromatic heterocycles. The number of hydrogen-bond donors (Lipinski definition) is 3. The largest absolute Gasteiger partial charge is 0.396 e. The molecule has 4 N–H and O–H groups in total. The number of nitrogens with one attached hydrogen (secondary N) is 1. The van der Waals surface area contributed by atoms with Crippen LogP contribution in [0.2, 0.25) is 0 Å². The van der Waals surface area contributed by atoms with E-state index in [9.17, 15) is 4.79 Å². The van der Waals surface area contributed by atoms with Crippen molar-refractivity contribution in [1.29, 1.82) is 0 Å². The molecule has 1 aliphatic carbocycles. The normalized spacial score (nSPS) is 20.9. The first-order valence-corrected chi connectivity index (χ1v) is 7.46. The standard InChI is InChI=1S/C15H30N2O2/c1-14(2,3)12(7-10-18)17-13(19)11-15(16)8-5-4-6-9-15/h12,18H,4-11,16H2,1-3H3,(H,17,19). The highest BCUT2D eigenvalue weighted by atomic mass is 16.3. The minimum absolute atomic E-state index is 0.00260. The Kier molecular flexibility index (Phi) is 5.81. The number of nitrogens with two attached hydrogens (primary N) is 1. The van der Waals surface area contributed by atoms with Crippen molar-refractivity contribution in [2.45, 2.75) is 77.3 Å². The molecule has 19 heavy (non-hydrogen) atoms. The summed E-state index contributed by atoms with van der Waals surface area (Å²) in [5.41, 5.74) is 5.94. The van der Waals surface area contributed by atoms with Gasteiger partial charge in [-0.25, -0.2) is 0 Å². The van der Waals surface area contributed by atoms with Gasteiger partial charge < -0.3 is 16.2 Å². The van der Waals surface area contributed by atoms with Crippen LogP contribution in [0, 0.1) is 5.41 Å². The van der Waals surface area contributed by atoms with E-state index >= 15 is 0 Å². The number of aliphatic hydroxyl groups is 1. The second-order valence-corrected chi connectivity index (χ2v) is 7.10. The predicted molar refractivity (Wildman–Crippen MR) is 77.7 cm³/mol. The number of carbonyl (C=O) groups excluding carboxylic acids is 1. The smallest absolute Gasteiger partial charge is 0.222 e. The van der Waals surface area contributed by atoms with Gasteiger partial charge in [0.25, 0.3) is 0 Å². The summed E-state index contributed by atoms with van der Waals surface area (Å²) in [5, 5.41) is 12.2. The fourth-order valence-corrected chi connectivity index (χ4v) is 2.85. The van der Waals surface area contributed by atoms with E-state index < -0.39 is 0 Å². The summed E-state index contributed by atoms with van der Waals surface area (Å²) in [6.07, 6.45) is 6.38. The van der Waals surface area contributed by atoms with Crippen LogP contribution in [0.5, 0.6) is 0 Å². The topological polar surface area (TPSA) is 75.3 Å². The predicted octanol–water partition coefficient (Wildman–Crippen LogP) is 1.95. The molecule has 0 radical (unpaired) electrons. The molecule has 1 fully saturated rings. The Labute approximate surface area is 117 Å². The van der Waals surface area contributed by atoms with Crippen LogP contribution >= 0.6 is 0 Å². The summed E-state index contributed by atoms with van der Waals surface area (Å²) in [7, 11) is 0. The third-order valence-corrected chi connectivity index (χ3v) is 4.16. The van der Waals surface area contributed by atoms with Crippen molar-refractivity contribution in [3.05, 3.63) is 0 Å². The first kappa shape index (κ1) is 16.4. The third kappa shape index (κ3) is 5.49. The number of amides is 1. The number of carbonyl (C=O) groups is 1. The molecule has 112 valence electrons. The summed E-state index contributed by atoms with van der Waals surface area (Å²) < 4.78 is 0. The van der Waals surface area contributed by atoms with E-state index in [-0.39, 0.29) is 29.5 Å². The second-order valence-electron chi connectivity index (χ2n) is 7.10. The Morgan fingerprint density at radius 3 is 2.37 bits per heavy atom. The zero-order valence-electron chi connectivity index (χ0n) is 12.7. The van der Waals surface area contributed by atoms with Crippen LogP contribution < -0.4 is 11.1 Å². The van der Waals surface area contributed by atoms with Crippen LogP contribution in [-0.4, -0.2) is 29.2 Å². The molecule has 0 aliphatic heterocycles. The Morgan fingerprint density at radius 1 is 1.32 bits per heavy atom. The van der Waals surface area contributed by atoms with Crippen LogP contribution in [0.4, 0.5) is 0 Å². The minimum Gasteiger partial charge on any atom is -0.396 e. The number of rotatable bonds is 5. The third-order valence-electron chi connectivity index (χ3n) is 4.16. The molecule has 1 unspecified atom stereocenters. The van der Waals surface area contributed by atoms with Crippen LogP contribution in [0.3, 0.4) is 0 Å². The van der Waals surface area contributed by atoms with Crippen molar-refractivity contribution in [2.75, 3.05) is 6.61 Å². The van der Waals surface area contributed by atoms with Crippen LogP contribution in [0.1, 0.15) is 65.7 Å². The molecule has 1 amide bonds. The van der Waals surface area contributed by atoms with E-state index in [2.05, 4.69) is 26.1 Å². The van der Waals surface area contributed by atoms with E-state index in [1.54, 1.807) is 0 Å². The maximum Gasteiger partial charge on any atom is 0.222 e. The lowest BCUT2D eigenvalue weighted by molar-refractivity contribution is -0.124. The lowest BCUT2D eigenvalue weighted by atomic mass is 9.79. The van der Waals surface area contributed by atoms with Gasteiger partial charge in [0, 0.05) is 24.6 Å². The van der Waals surface area contributed by atoms with E-state index in [4.69, 9.17) is 10.8 Å². The molecule has 0 saturated heterocycles. The summed E-state index contributed by atoms with van der Waals surface area (Å²) in [5.74, 6) is 0.0257. The van der Waals surface area contributed by atoms with E-state index in [1.165, 1.54) is 6.42 Å². The fraction of sp³-hybridized carbons (Fsp3) is 0.933. The second kappa shape index (κ2) is 6.71. The van der Waals surface area contributed by atoms with Crippen molar-refractivity contribution >= 4 is 5.91 Å². The zero-order valence-corrected chi connectivity index (χ0v) is 12.7. The van der Waals surface area contributed by atoms with Crippen LogP contribution in [0.15, 0.2) is 0 Å². The number of aliphatic hydroxyl groups excluding tert-OH is 1. The molecule has 0 bridgehead atoms. The molecule has 4 nitrogen and oxygen atoms in total. The molecule has 0 spiro atoms. The first-order chi connectivity index (χ1) is 8.77. The average Bonchev–Trinajstić information content (AvgIpc) is 2.27. The van der Waals surface area contributed by atoms with Crippen molar-refractivity contribution in [2.24, 2.45) is 11.1 Å². The SMILES string of the molecule is CC(C)(C)C(CCO)NC(=O)CC1(N)CCCCC1. The quantitative estimate of drug-likeness (QED) is 0.715. The van der Waals surface area contributed by atoms with Gasteiger partial charge in [0.05, 0.1) is 0 Å². The summed E-state index contributed by atoms with van der Waals surface area (Å²) in [6, 6.07) is -0.00260. The van der Waals surface area contributed by atoms with Crippen LogP contribution in [-0.2, 0) is 4.79 Å².